The molecule has 0 saturated heterocycles. The van der Waals surface area contributed by atoms with E-state index in [2.05, 4.69) is 27.9 Å². The molecule has 1 aromatic carbocycles. The molecule has 1 rings (SSSR count). The van der Waals surface area contributed by atoms with Crippen molar-refractivity contribution in [2.45, 2.75) is 19.8 Å². The smallest absolute Gasteiger partial charge is 0.224 e. The van der Waals surface area contributed by atoms with Gasteiger partial charge in [0.1, 0.15) is 0 Å². The van der Waals surface area contributed by atoms with Crippen LogP contribution >= 0.6 is 34.2 Å². The quantitative estimate of drug-likeness (QED) is 0.845. The normalized spacial score (nSPS) is 9.93. The Bertz CT molecular complexity index is 341. The van der Waals surface area contributed by atoms with Crippen molar-refractivity contribution in [2.75, 3.05) is 5.32 Å². The number of halogens is 2. The summed E-state index contributed by atoms with van der Waals surface area (Å²) < 4.78 is 1.06. The average Bonchev–Trinajstić information content (AvgIpc) is 2.10. The van der Waals surface area contributed by atoms with Gasteiger partial charge < -0.3 is 5.32 Å². The summed E-state index contributed by atoms with van der Waals surface area (Å²) in [5, 5.41) is 3.35. The standard InChI is InChI=1S/C10H11ClINO/c1-2-3-10(14)13-9-5-4-7(12)6-8(9)11/h4-6H,2-3H2,1H3,(H,13,14). The maximum Gasteiger partial charge on any atom is 0.224 e. The molecule has 0 aliphatic heterocycles. The van der Waals surface area contributed by atoms with Gasteiger partial charge in [-0.05, 0) is 47.2 Å². The van der Waals surface area contributed by atoms with Gasteiger partial charge in [0.15, 0.2) is 0 Å². The van der Waals surface area contributed by atoms with Crippen LogP contribution in [0.5, 0.6) is 0 Å². The zero-order chi connectivity index (χ0) is 10.6. The summed E-state index contributed by atoms with van der Waals surface area (Å²) in [4.78, 5) is 11.3. The number of amides is 1. The predicted octanol–water partition coefficient (Wildman–Crippen LogP) is 3.68. The first kappa shape index (κ1) is 11.8. The van der Waals surface area contributed by atoms with Gasteiger partial charge >= 0.3 is 0 Å². The first-order chi connectivity index (χ1) is 6.63. The molecule has 76 valence electrons. The molecule has 2 nitrogen and oxygen atoms in total. The second-order valence-electron chi connectivity index (χ2n) is 2.92. The highest BCUT2D eigenvalue weighted by Gasteiger charge is 2.04. The maximum absolute atomic E-state index is 11.3. The van der Waals surface area contributed by atoms with Gasteiger partial charge in [-0.3, -0.25) is 4.79 Å². The molecule has 0 atom stereocenters. The third-order valence-electron chi connectivity index (χ3n) is 1.68. The van der Waals surface area contributed by atoms with Crippen molar-refractivity contribution in [3.05, 3.63) is 26.8 Å². The molecule has 1 N–H and O–H groups in total. The summed E-state index contributed by atoms with van der Waals surface area (Å²) >= 11 is 8.13. The minimum Gasteiger partial charge on any atom is -0.325 e. The Hall–Kier alpha value is -0.290. The van der Waals surface area contributed by atoms with Crippen molar-refractivity contribution in [1.29, 1.82) is 0 Å². The molecule has 0 heterocycles. The van der Waals surface area contributed by atoms with Crippen molar-refractivity contribution >= 4 is 45.8 Å². The number of hydrogen-bond donors (Lipinski definition) is 1. The Morgan fingerprint density at radius 1 is 1.57 bits per heavy atom. The molecule has 0 aliphatic rings. The van der Waals surface area contributed by atoms with Crippen LogP contribution in [0.1, 0.15) is 19.8 Å². The van der Waals surface area contributed by atoms with Gasteiger partial charge in [-0.25, -0.2) is 0 Å². The van der Waals surface area contributed by atoms with E-state index in [9.17, 15) is 4.79 Å². The Labute approximate surface area is 102 Å². The Balaban J connectivity index is 2.72. The lowest BCUT2D eigenvalue weighted by Gasteiger charge is -2.06. The van der Waals surface area contributed by atoms with Crippen molar-refractivity contribution < 1.29 is 4.79 Å². The van der Waals surface area contributed by atoms with E-state index in [4.69, 9.17) is 11.6 Å². The lowest BCUT2D eigenvalue weighted by atomic mass is 10.3. The van der Waals surface area contributed by atoms with E-state index in [0.717, 1.165) is 9.99 Å². The van der Waals surface area contributed by atoms with Gasteiger partial charge in [0.2, 0.25) is 5.91 Å². The number of nitrogens with one attached hydrogen (secondary N) is 1. The number of carbonyl (C=O) groups excluding carboxylic acids is 1. The number of anilines is 1. The van der Waals surface area contributed by atoms with Gasteiger partial charge in [-0.2, -0.15) is 0 Å². The van der Waals surface area contributed by atoms with Crippen LogP contribution in [0.15, 0.2) is 18.2 Å². The largest absolute Gasteiger partial charge is 0.325 e. The van der Waals surface area contributed by atoms with Crippen LogP contribution in [-0.2, 0) is 4.79 Å². The lowest BCUT2D eigenvalue weighted by molar-refractivity contribution is -0.116. The summed E-state index contributed by atoms with van der Waals surface area (Å²) in [6, 6.07) is 5.55. The maximum atomic E-state index is 11.3. The minimum absolute atomic E-state index is 0.00982. The van der Waals surface area contributed by atoms with E-state index >= 15 is 0 Å². The first-order valence-electron chi connectivity index (χ1n) is 4.38. The zero-order valence-electron chi connectivity index (χ0n) is 7.81. The second kappa shape index (κ2) is 5.56. The second-order valence-corrected chi connectivity index (χ2v) is 4.58. The minimum atomic E-state index is 0.00982. The highest BCUT2D eigenvalue weighted by atomic mass is 127. The van der Waals surface area contributed by atoms with Crippen LogP contribution in [0.4, 0.5) is 5.69 Å². The van der Waals surface area contributed by atoms with E-state index < -0.39 is 0 Å². The summed E-state index contributed by atoms with van der Waals surface area (Å²) in [7, 11) is 0. The summed E-state index contributed by atoms with van der Waals surface area (Å²) in [6.45, 7) is 1.97. The van der Waals surface area contributed by atoms with Gasteiger partial charge in [-0.1, -0.05) is 18.5 Å². The molecule has 0 unspecified atom stereocenters. The molecule has 4 heteroatoms. The van der Waals surface area contributed by atoms with Crippen LogP contribution < -0.4 is 5.32 Å². The number of hydrogen-bond acceptors (Lipinski definition) is 1. The van der Waals surface area contributed by atoms with Crippen LogP contribution in [0, 0.1) is 3.57 Å². The Morgan fingerprint density at radius 2 is 2.29 bits per heavy atom. The summed E-state index contributed by atoms with van der Waals surface area (Å²) in [5.41, 5.74) is 0.686. The van der Waals surface area contributed by atoms with Gasteiger partial charge in [-0.15, -0.1) is 0 Å². The van der Waals surface area contributed by atoms with Crippen LogP contribution in [-0.4, -0.2) is 5.91 Å². The summed E-state index contributed by atoms with van der Waals surface area (Å²) in [5.74, 6) is 0.00982. The van der Waals surface area contributed by atoms with Crippen molar-refractivity contribution in [3.8, 4) is 0 Å². The molecule has 0 bridgehead atoms. The van der Waals surface area contributed by atoms with Gasteiger partial charge in [0.05, 0.1) is 10.7 Å². The number of rotatable bonds is 3. The Kier molecular flexibility index (Phi) is 4.68. The molecular formula is C10H11ClINO. The van der Waals surface area contributed by atoms with Crippen molar-refractivity contribution in [2.24, 2.45) is 0 Å². The molecule has 0 radical (unpaired) electrons. The monoisotopic (exact) mass is 323 g/mol. The number of benzene rings is 1. The van der Waals surface area contributed by atoms with Crippen molar-refractivity contribution in [3.63, 3.8) is 0 Å². The van der Waals surface area contributed by atoms with Crippen LogP contribution in [0.25, 0.3) is 0 Å². The SMILES string of the molecule is CCCC(=O)Nc1ccc(I)cc1Cl. The molecular weight excluding hydrogens is 312 g/mol. The molecule has 0 aromatic heterocycles. The molecule has 0 saturated carbocycles. The van der Waals surface area contributed by atoms with E-state index in [1.165, 1.54) is 0 Å². The van der Waals surface area contributed by atoms with Gasteiger partial charge in [0.25, 0.3) is 0 Å². The highest BCUT2D eigenvalue weighted by Crippen LogP contribution is 2.23. The third-order valence-corrected chi connectivity index (χ3v) is 2.67. The highest BCUT2D eigenvalue weighted by molar-refractivity contribution is 14.1. The van der Waals surface area contributed by atoms with E-state index in [-0.39, 0.29) is 5.91 Å². The fourth-order valence-corrected chi connectivity index (χ4v) is 1.93. The van der Waals surface area contributed by atoms with Crippen molar-refractivity contribution in [1.82, 2.24) is 0 Å². The lowest BCUT2D eigenvalue weighted by Crippen LogP contribution is -2.10. The van der Waals surface area contributed by atoms with E-state index in [1.54, 1.807) is 0 Å². The molecule has 1 amide bonds. The number of carbonyl (C=O) groups is 1. The van der Waals surface area contributed by atoms with Gasteiger partial charge in [0, 0.05) is 9.99 Å². The fraction of sp³-hybridized carbons (Fsp3) is 0.300. The zero-order valence-corrected chi connectivity index (χ0v) is 10.7. The van der Waals surface area contributed by atoms with Crippen LogP contribution in [0.3, 0.4) is 0 Å². The molecule has 1 aromatic rings. The fourth-order valence-electron chi connectivity index (χ4n) is 1.03. The average molecular weight is 324 g/mol. The predicted molar refractivity (Wildman–Crippen MR) is 67.7 cm³/mol. The molecule has 0 aliphatic carbocycles. The molecule has 14 heavy (non-hydrogen) atoms. The topological polar surface area (TPSA) is 29.1 Å². The van der Waals surface area contributed by atoms with E-state index in [1.807, 2.05) is 25.1 Å². The summed E-state index contributed by atoms with van der Waals surface area (Å²) in [6.07, 6.45) is 1.37. The van der Waals surface area contributed by atoms with Crippen LogP contribution in [0.2, 0.25) is 5.02 Å². The molecule has 0 spiro atoms. The first-order valence-corrected chi connectivity index (χ1v) is 5.84. The van der Waals surface area contributed by atoms with E-state index in [0.29, 0.717) is 17.1 Å². The third kappa shape index (κ3) is 3.46. The Morgan fingerprint density at radius 3 is 2.86 bits per heavy atom. The molecule has 0 fully saturated rings.